The van der Waals surface area contributed by atoms with Crippen molar-refractivity contribution in [2.45, 2.75) is 13.5 Å². The summed E-state index contributed by atoms with van der Waals surface area (Å²) in [5.41, 5.74) is 1.66. The Labute approximate surface area is 91.9 Å². The van der Waals surface area contributed by atoms with Crippen LogP contribution in [0.2, 0.25) is 0 Å². The Balaban J connectivity index is 2.88. The van der Waals surface area contributed by atoms with Crippen LogP contribution in [-0.4, -0.2) is 27.4 Å². The second-order valence-corrected chi connectivity index (χ2v) is 3.58. The molecule has 0 saturated heterocycles. The fourth-order valence-electron chi connectivity index (χ4n) is 1.84. The molecule has 0 aliphatic rings. The normalized spacial score (nSPS) is 10.9. The van der Waals surface area contributed by atoms with Gasteiger partial charge in [0, 0.05) is 11.8 Å². The lowest BCUT2D eigenvalue weighted by atomic mass is 10.1. The maximum atomic E-state index is 9.93. The molecule has 0 radical (unpaired) electrons. The Hall–Kier alpha value is -1.88. The average molecular weight is 223 g/mol. The predicted molar refractivity (Wildman–Crippen MR) is 58.8 cm³/mol. The van der Waals surface area contributed by atoms with Gasteiger partial charge in [0.05, 0.1) is 24.6 Å². The molecular weight excluding hydrogens is 210 g/mol. The third-order valence-electron chi connectivity index (χ3n) is 2.73. The molecule has 0 aliphatic carbocycles. The number of aryl methyl sites for hydroxylation is 1. The Morgan fingerprint density at radius 2 is 2.06 bits per heavy atom. The molecular formula is C11H13NO4. The summed E-state index contributed by atoms with van der Waals surface area (Å²) in [4.78, 5) is 2.86. The minimum atomic E-state index is -0.179. The maximum Gasteiger partial charge on any atom is 0.167 e. The molecule has 86 valence electrons. The standard InChI is InChI=1S/C11H13NO4/c1-5-6(4-13)12-10-7(14)3-8(16-2)11(15)9(5)10/h3,12-15H,4H2,1-2H3. The number of methoxy groups -OCH3 is 1. The van der Waals surface area contributed by atoms with E-state index >= 15 is 0 Å². The molecule has 1 heterocycles. The maximum absolute atomic E-state index is 9.93. The fraction of sp³-hybridized carbons (Fsp3) is 0.273. The smallest absolute Gasteiger partial charge is 0.167 e. The molecule has 0 saturated carbocycles. The lowest BCUT2D eigenvalue weighted by Gasteiger charge is -2.06. The molecule has 1 aromatic heterocycles. The first kappa shape index (κ1) is 10.6. The average Bonchev–Trinajstić information content (AvgIpc) is 2.61. The molecule has 1 aromatic carbocycles. The van der Waals surface area contributed by atoms with E-state index in [2.05, 4.69) is 4.98 Å². The second-order valence-electron chi connectivity index (χ2n) is 3.58. The van der Waals surface area contributed by atoms with Crippen molar-refractivity contribution in [1.82, 2.24) is 4.98 Å². The molecule has 0 amide bonds. The number of aliphatic hydroxyl groups excluding tert-OH is 1. The van der Waals surface area contributed by atoms with Crippen LogP contribution >= 0.6 is 0 Å². The highest BCUT2D eigenvalue weighted by Crippen LogP contribution is 2.42. The van der Waals surface area contributed by atoms with Gasteiger partial charge >= 0.3 is 0 Å². The Bertz CT molecular complexity index is 545. The summed E-state index contributed by atoms with van der Waals surface area (Å²) in [6, 6.07) is 1.33. The predicted octanol–water partition coefficient (Wildman–Crippen LogP) is 1.39. The number of aliphatic hydroxyl groups is 1. The number of aromatic hydroxyl groups is 2. The number of aromatic nitrogens is 1. The first-order valence-electron chi connectivity index (χ1n) is 4.81. The van der Waals surface area contributed by atoms with E-state index in [0.29, 0.717) is 22.2 Å². The van der Waals surface area contributed by atoms with E-state index in [-0.39, 0.29) is 23.9 Å². The van der Waals surface area contributed by atoms with Crippen molar-refractivity contribution < 1.29 is 20.1 Å². The largest absolute Gasteiger partial charge is 0.506 e. The van der Waals surface area contributed by atoms with E-state index < -0.39 is 0 Å². The van der Waals surface area contributed by atoms with Crippen LogP contribution < -0.4 is 4.74 Å². The number of phenols is 2. The van der Waals surface area contributed by atoms with Gasteiger partial charge in [-0.25, -0.2) is 0 Å². The van der Waals surface area contributed by atoms with Gasteiger partial charge in [-0.2, -0.15) is 0 Å². The minimum absolute atomic E-state index is 0.0209. The van der Waals surface area contributed by atoms with Gasteiger partial charge in [-0.05, 0) is 12.5 Å². The van der Waals surface area contributed by atoms with Crippen molar-refractivity contribution in [2.75, 3.05) is 7.11 Å². The first-order chi connectivity index (χ1) is 7.60. The van der Waals surface area contributed by atoms with E-state index in [1.54, 1.807) is 6.92 Å². The van der Waals surface area contributed by atoms with E-state index in [0.717, 1.165) is 0 Å². The Morgan fingerprint density at radius 1 is 1.38 bits per heavy atom. The third-order valence-corrected chi connectivity index (χ3v) is 2.73. The number of rotatable bonds is 2. The van der Waals surface area contributed by atoms with E-state index in [1.807, 2.05) is 0 Å². The van der Waals surface area contributed by atoms with Gasteiger partial charge in [-0.1, -0.05) is 0 Å². The molecule has 4 N–H and O–H groups in total. The molecule has 0 atom stereocenters. The van der Waals surface area contributed by atoms with Crippen molar-refractivity contribution in [2.24, 2.45) is 0 Å². The zero-order valence-corrected chi connectivity index (χ0v) is 9.03. The minimum Gasteiger partial charge on any atom is -0.506 e. The van der Waals surface area contributed by atoms with E-state index in [9.17, 15) is 10.2 Å². The van der Waals surface area contributed by atoms with Crippen LogP contribution in [0.25, 0.3) is 10.9 Å². The molecule has 0 spiro atoms. The van der Waals surface area contributed by atoms with Gasteiger partial charge in [0.15, 0.2) is 11.5 Å². The zero-order valence-electron chi connectivity index (χ0n) is 9.03. The number of hydrogen-bond acceptors (Lipinski definition) is 4. The Morgan fingerprint density at radius 3 is 2.62 bits per heavy atom. The molecule has 16 heavy (non-hydrogen) atoms. The fourth-order valence-corrected chi connectivity index (χ4v) is 1.84. The quantitative estimate of drug-likeness (QED) is 0.579. The van der Waals surface area contributed by atoms with Crippen LogP contribution in [0.4, 0.5) is 0 Å². The van der Waals surface area contributed by atoms with Crippen molar-refractivity contribution in [1.29, 1.82) is 0 Å². The van der Waals surface area contributed by atoms with Gasteiger partial charge in [-0.15, -0.1) is 0 Å². The molecule has 2 aromatic rings. The molecule has 0 bridgehead atoms. The lowest BCUT2D eigenvalue weighted by Crippen LogP contribution is -1.85. The number of fused-ring (bicyclic) bond motifs is 1. The van der Waals surface area contributed by atoms with Crippen molar-refractivity contribution in [3.05, 3.63) is 17.3 Å². The molecule has 0 aliphatic heterocycles. The molecule has 0 fully saturated rings. The van der Waals surface area contributed by atoms with Crippen LogP contribution in [0.15, 0.2) is 6.07 Å². The highest BCUT2D eigenvalue weighted by Gasteiger charge is 2.17. The highest BCUT2D eigenvalue weighted by molar-refractivity contribution is 5.96. The summed E-state index contributed by atoms with van der Waals surface area (Å²) >= 11 is 0. The topological polar surface area (TPSA) is 85.7 Å². The number of benzene rings is 1. The number of ether oxygens (including phenoxy) is 1. The van der Waals surface area contributed by atoms with Gasteiger partial charge in [0.25, 0.3) is 0 Å². The van der Waals surface area contributed by atoms with Gasteiger partial charge in [0.1, 0.15) is 5.75 Å². The monoisotopic (exact) mass is 223 g/mol. The molecule has 0 unspecified atom stereocenters. The summed E-state index contributed by atoms with van der Waals surface area (Å²) in [5.74, 6) is 0.146. The van der Waals surface area contributed by atoms with E-state index in [4.69, 9.17) is 9.84 Å². The van der Waals surface area contributed by atoms with Crippen molar-refractivity contribution >= 4 is 10.9 Å². The third kappa shape index (κ3) is 1.29. The van der Waals surface area contributed by atoms with Crippen molar-refractivity contribution in [3.63, 3.8) is 0 Å². The van der Waals surface area contributed by atoms with Crippen molar-refractivity contribution in [3.8, 4) is 17.2 Å². The highest BCUT2D eigenvalue weighted by atomic mass is 16.5. The Kier molecular flexibility index (Phi) is 2.40. The first-order valence-corrected chi connectivity index (χ1v) is 4.81. The molecule has 5 heteroatoms. The number of phenolic OH excluding ortho intramolecular Hbond substituents is 2. The number of aromatic amines is 1. The lowest BCUT2D eigenvalue weighted by molar-refractivity contribution is 0.277. The number of H-pyrrole nitrogens is 1. The van der Waals surface area contributed by atoms with Crippen LogP contribution in [0.5, 0.6) is 17.2 Å². The summed E-state index contributed by atoms with van der Waals surface area (Å²) in [7, 11) is 1.41. The number of nitrogens with one attached hydrogen (secondary N) is 1. The molecule has 2 rings (SSSR count). The SMILES string of the molecule is COc1cc(O)c2[nH]c(CO)c(C)c2c1O. The van der Waals surface area contributed by atoms with Gasteiger partial charge in [-0.3, -0.25) is 0 Å². The van der Waals surface area contributed by atoms with Crippen LogP contribution in [0.1, 0.15) is 11.3 Å². The summed E-state index contributed by atoms with van der Waals surface area (Å²) in [6.07, 6.45) is 0. The summed E-state index contributed by atoms with van der Waals surface area (Å²) in [6.45, 7) is 1.57. The number of hydrogen-bond donors (Lipinski definition) is 4. The van der Waals surface area contributed by atoms with E-state index in [1.165, 1.54) is 13.2 Å². The van der Waals surface area contributed by atoms with Gasteiger partial charge in [0.2, 0.25) is 0 Å². The van der Waals surface area contributed by atoms with Crippen LogP contribution in [-0.2, 0) is 6.61 Å². The second kappa shape index (κ2) is 3.61. The zero-order chi connectivity index (χ0) is 11.9. The van der Waals surface area contributed by atoms with Crippen LogP contribution in [0, 0.1) is 6.92 Å². The summed E-state index contributed by atoms with van der Waals surface area (Å²) in [5, 5.41) is 29.2. The van der Waals surface area contributed by atoms with Crippen LogP contribution in [0.3, 0.4) is 0 Å². The van der Waals surface area contributed by atoms with Gasteiger partial charge < -0.3 is 25.0 Å². The summed E-state index contributed by atoms with van der Waals surface area (Å²) < 4.78 is 4.95. The molecule has 5 nitrogen and oxygen atoms in total.